The van der Waals surface area contributed by atoms with Gasteiger partial charge in [-0.05, 0) is 44.3 Å². The summed E-state index contributed by atoms with van der Waals surface area (Å²) in [6.45, 7) is 7.98. The van der Waals surface area contributed by atoms with E-state index in [1.54, 1.807) is 0 Å². The Morgan fingerprint density at radius 3 is 2.28 bits per heavy atom. The van der Waals surface area contributed by atoms with Gasteiger partial charge in [-0.3, -0.25) is 0 Å². The first-order chi connectivity index (χ1) is 8.74. The van der Waals surface area contributed by atoms with Gasteiger partial charge in [-0.1, -0.05) is 45.6 Å². The van der Waals surface area contributed by atoms with Crippen LogP contribution >= 0.6 is 12.2 Å². The molecule has 0 rings (SSSR count). The van der Waals surface area contributed by atoms with Crippen LogP contribution in [0.2, 0.25) is 0 Å². The van der Waals surface area contributed by atoms with Gasteiger partial charge in [0.1, 0.15) is 0 Å². The molecule has 2 heteroatoms. The Balaban J connectivity index is 3.39. The Morgan fingerprint density at radius 2 is 1.72 bits per heavy atom. The van der Waals surface area contributed by atoms with Gasteiger partial charge >= 0.3 is 0 Å². The molecule has 0 aromatic rings. The molecular weight excluding hydrogens is 240 g/mol. The lowest BCUT2D eigenvalue weighted by Gasteiger charge is -2.17. The predicted molar refractivity (Wildman–Crippen MR) is 85.2 cm³/mol. The van der Waals surface area contributed by atoms with Gasteiger partial charge < -0.3 is 4.74 Å². The summed E-state index contributed by atoms with van der Waals surface area (Å²) in [6, 6.07) is 0. The second-order valence-electron chi connectivity index (χ2n) is 4.86. The zero-order chi connectivity index (χ0) is 13.6. The maximum absolute atomic E-state index is 5.73. The third kappa shape index (κ3) is 10.8. The van der Waals surface area contributed by atoms with Crippen molar-refractivity contribution >= 4 is 17.3 Å². The summed E-state index contributed by atoms with van der Waals surface area (Å²) >= 11 is 5.13. The zero-order valence-corrected chi connectivity index (χ0v) is 13.1. The van der Waals surface area contributed by atoms with Crippen molar-refractivity contribution in [2.24, 2.45) is 0 Å². The minimum atomic E-state index is 0.346. The lowest BCUT2D eigenvalue weighted by molar-refractivity contribution is 0.170. The molecular formula is C16H30OS. The largest absolute Gasteiger partial charge is 0.484 e. The van der Waals surface area contributed by atoms with Crippen molar-refractivity contribution in [3.05, 3.63) is 12.7 Å². The second-order valence-corrected chi connectivity index (χ2v) is 5.32. The number of thiocarbonyl (C=S) groups is 1. The summed E-state index contributed by atoms with van der Waals surface area (Å²) in [5, 5.41) is 0.770. The van der Waals surface area contributed by atoms with Gasteiger partial charge in [-0.15, -0.1) is 6.58 Å². The summed E-state index contributed by atoms with van der Waals surface area (Å²) in [5.41, 5.74) is 0. The molecule has 0 aliphatic carbocycles. The van der Waals surface area contributed by atoms with Crippen LogP contribution < -0.4 is 0 Å². The van der Waals surface area contributed by atoms with Crippen LogP contribution in [0.4, 0.5) is 0 Å². The number of ether oxygens (including phenoxy) is 1. The molecule has 0 radical (unpaired) electrons. The van der Waals surface area contributed by atoms with E-state index in [0.29, 0.717) is 6.10 Å². The van der Waals surface area contributed by atoms with Crippen LogP contribution in [0, 0.1) is 0 Å². The molecule has 1 atom stereocenters. The van der Waals surface area contributed by atoms with Gasteiger partial charge in [0.15, 0.2) is 5.05 Å². The minimum Gasteiger partial charge on any atom is -0.484 e. The highest BCUT2D eigenvalue weighted by molar-refractivity contribution is 7.80. The van der Waals surface area contributed by atoms with Gasteiger partial charge in [-0.25, -0.2) is 0 Å². The van der Waals surface area contributed by atoms with Gasteiger partial charge in [0.2, 0.25) is 0 Å². The van der Waals surface area contributed by atoms with E-state index in [0.717, 1.165) is 24.3 Å². The first kappa shape index (κ1) is 17.6. The van der Waals surface area contributed by atoms with E-state index >= 15 is 0 Å². The molecule has 0 saturated heterocycles. The third-order valence-corrected chi connectivity index (χ3v) is 3.61. The molecule has 0 aromatic carbocycles. The second kappa shape index (κ2) is 13.1. The summed E-state index contributed by atoms with van der Waals surface area (Å²) in [7, 11) is 0. The van der Waals surface area contributed by atoms with Crippen molar-refractivity contribution in [1.29, 1.82) is 0 Å². The van der Waals surface area contributed by atoms with Crippen molar-refractivity contribution in [1.82, 2.24) is 0 Å². The van der Waals surface area contributed by atoms with Crippen molar-refractivity contribution < 1.29 is 4.74 Å². The standard InChI is InChI=1S/C16H30OS/c1-4-7-8-9-10-11-12-13-14-15(5-2)17-16(18)6-3/h4,15H,1,5-14H2,2-3H3. The molecule has 0 amide bonds. The minimum absolute atomic E-state index is 0.346. The average molecular weight is 270 g/mol. The van der Waals surface area contributed by atoms with Crippen molar-refractivity contribution in [3.63, 3.8) is 0 Å². The average Bonchev–Trinajstić information content (AvgIpc) is 2.40. The zero-order valence-electron chi connectivity index (χ0n) is 12.2. The Hall–Kier alpha value is -0.370. The molecule has 0 N–H and O–H groups in total. The Kier molecular flexibility index (Phi) is 12.8. The van der Waals surface area contributed by atoms with Crippen LogP contribution in [0.25, 0.3) is 0 Å². The number of unbranched alkanes of at least 4 members (excludes halogenated alkanes) is 6. The van der Waals surface area contributed by atoms with Crippen molar-refractivity contribution in [2.75, 3.05) is 0 Å². The summed E-state index contributed by atoms with van der Waals surface area (Å²) in [5.74, 6) is 0. The Bertz CT molecular complexity index is 213. The molecule has 1 unspecified atom stereocenters. The molecule has 18 heavy (non-hydrogen) atoms. The Labute approximate surface area is 119 Å². The summed E-state index contributed by atoms with van der Waals surface area (Å²) in [4.78, 5) is 0. The Morgan fingerprint density at radius 1 is 1.11 bits per heavy atom. The van der Waals surface area contributed by atoms with Gasteiger partial charge in [0.05, 0.1) is 6.10 Å². The normalized spacial score (nSPS) is 12.1. The number of allylic oxidation sites excluding steroid dienone is 1. The summed E-state index contributed by atoms with van der Waals surface area (Å²) in [6.07, 6.45) is 14.6. The maximum Gasteiger partial charge on any atom is 0.159 e. The fourth-order valence-corrected chi connectivity index (χ4v) is 2.12. The molecule has 0 spiro atoms. The molecule has 0 aliphatic rings. The molecule has 1 nitrogen and oxygen atoms in total. The van der Waals surface area contributed by atoms with E-state index in [1.807, 2.05) is 6.08 Å². The van der Waals surface area contributed by atoms with Crippen LogP contribution in [0.15, 0.2) is 12.7 Å². The van der Waals surface area contributed by atoms with Gasteiger partial charge in [0.25, 0.3) is 0 Å². The molecule has 0 saturated carbocycles. The quantitative estimate of drug-likeness (QED) is 0.251. The monoisotopic (exact) mass is 270 g/mol. The lowest BCUT2D eigenvalue weighted by atomic mass is 10.1. The van der Waals surface area contributed by atoms with Crippen LogP contribution in [0.3, 0.4) is 0 Å². The highest BCUT2D eigenvalue weighted by atomic mass is 32.1. The number of rotatable bonds is 12. The number of hydrogen-bond acceptors (Lipinski definition) is 2. The van der Waals surface area contributed by atoms with E-state index < -0.39 is 0 Å². The van der Waals surface area contributed by atoms with Crippen molar-refractivity contribution in [3.8, 4) is 0 Å². The fourth-order valence-electron chi connectivity index (χ4n) is 1.98. The summed E-state index contributed by atoms with van der Waals surface area (Å²) < 4.78 is 5.73. The first-order valence-corrected chi connectivity index (χ1v) is 7.95. The maximum atomic E-state index is 5.73. The van der Waals surface area contributed by atoms with Gasteiger partial charge in [0, 0.05) is 6.42 Å². The molecule has 106 valence electrons. The molecule has 0 aromatic heterocycles. The van der Waals surface area contributed by atoms with Crippen LogP contribution in [0.1, 0.15) is 78.1 Å². The van der Waals surface area contributed by atoms with Crippen molar-refractivity contribution in [2.45, 2.75) is 84.2 Å². The SMILES string of the molecule is C=CCCCCCCCCC(CC)OC(=S)CC. The molecule has 0 bridgehead atoms. The van der Waals surface area contributed by atoms with E-state index in [9.17, 15) is 0 Å². The molecule has 0 fully saturated rings. The third-order valence-electron chi connectivity index (χ3n) is 3.23. The highest BCUT2D eigenvalue weighted by Crippen LogP contribution is 2.14. The highest BCUT2D eigenvalue weighted by Gasteiger charge is 2.08. The van der Waals surface area contributed by atoms with E-state index in [4.69, 9.17) is 17.0 Å². The van der Waals surface area contributed by atoms with Gasteiger partial charge in [-0.2, -0.15) is 0 Å². The van der Waals surface area contributed by atoms with Crippen LogP contribution in [0.5, 0.6) is 0 Å². The molecule has 0 heterocycles. The predicted octanol–water partition coefficient (Wildman–Crippen LogP) is 5.83. The van der Waals surface area contributed by atoms with E-state index in [1.165, 1.54) is 44.9 Å². The smallest absolute Gasteiger partial charge is 0.159 e. The molecule has 0 aliphatic heterocycles. The first-order valence-electron chi connectivity index (χ1n) is 7.54. The topological polar surface area (TPSA) is 9.23 Å². The number of hydrogen-bond donors (Lipinski definition) is 0. The van der Waals surface area contributed by atoms with E-state index in [-0.39, 0.29) is 0 Å². The van der Waals surface area contributed by atoms with E-state index in [2.05, 4.69) is 20.4 Å². The lowest BCUT2D eigenvalue weighted by Crippen LogP contribution is -2.15. The van der Waals surface area contributed by atoms with Crippen LogP contribution in [-0.2, 0) is 4.74 Å². The van der Waals surface area contributed by atoms with Crippen LogP contribution in [-0.4, -0.2) is 11.2 Å². The fraction of sp³-hybridized carbons (Fsp3) is 0.812.